The van der Waals surface area contributed by atoms with E-state index in [1.54, 1.807) is 11.3 Å². The molecule has 0 fully saturated rings. The number of hydrogen-bond acceptors (Lipinski definition) is 2. The maximum absolute atomic E-state index is 3.66. The smallest absolute Gasteiger partial charge is 0.0213 e. The Bertz CT molecular complexity index is 191. The monoisotopic (exact) mass is 167 g/mol. The van der Waals surface area contributed by atoms with E-state index < -0.39 is 0 Å². The third kappa shape index (κ3) is 3.35. The summed E-state index contributed by atoms with van der Waals surface area (Å²) >= 11 is 1.74. The molecule has 1 rings (SSSR count). The lowest BCUT2D eigenvalue weighted by atomic mass is 10.3. The van der Waals surface area contributed by atoms with Crippen LogP contribution in [0, 0.1) is 0 Å². The van der Waals surface area contributed by atoms with Crippen LogP contribution in [0.2, 0.25) is 0 Å². The van der Waals surface area contributed by atoms with E-state index in [1.807, 2.05) is 6.08 Å². The van der Waals surface area contributed by atoms with E-state index in [-0.39, 0.29) is 0 Å². The zero-order valence-electron chi connectivity index (χ0n) is 6.55. The number of thiophene rings is 1. The molecule has 0 bridgehead atoms. The third-order valence-electron chi connectivity index (χ3n) is 1.43. The van der Waals surface area contributed by atoms with Crippen molar-refractivity contribution in [2.45, 2.75) is 13.0 Å². The Kier molecular flexibility index (Phi) is 3.94. The second-order valence-corrected chi connectivity index (χ2v) is 3.17. The molecule has 0 radical (unpaired) electrons. The summed E-state index contributed by atoms with van der Waals surface area (Å²) in [6.07, 6.45) is 2.98. The van der Waals surface area contributed by atoms with Gasteiger partial charge in [-0.3, -0.25) is 0 Å². The Morgan fingerprint density at radius 3 is 3.18 bits per heavy atom. The van der Waals surface area contributed by atoms with Gasteiger partial charge in [0.25, 0.3) is 0 Å². The molecule has 0 atom stereocenters. The standard InChI is InChI=1S/C9H13NS/c1-2-3-5-10-7-9-4-6-11-8-9/h2,4,6,8,10H,1,3,5,7H2. The minimum atomic E-state index is 0.983. The van der Waals surface area contributed by atoms with Crippen molar-refractivity contribution in [3.05, 3.63) is 35.0 Å². The number of hydrogen-bond donors (Lipinski definition) is 1. The first-order valence-electron chi connectivity index (χ1n) is 3.76. The summed E-state index contributed by atoms with van der Waals surface area (Å²) in [6.45, 7) is 5.67. The highest BCUT2D eigenvalue weighted by molar-refractivity contribution is 7.07. The van der Waals surface area contributed by atoms with Gasteiger partial charge in [-0.2, -0.15) is 11.3 Å². The maximum Gasteiger partial charge on any atom is 0.0213 e. The van der Waals surface area contributed by atoms with Crippen LogP contribution in [0.25, 0.3) is 0 Å². The lowest BCUT2D eigenvalue weighted by molar-refractivity contribution is 0.697. The second kappa shape index (κ2) is 5.10. The molecule has 0 unspecified atom stereocenters. The lowest BCUT2D eigenvalue weighted by Gasteiger charge is -1.98. The molecule has 2 heteroatoms. The van der Waals surface area contributed by atoms with Crippen molar-refractivity contribution in [3.63, 3.8) is 0 Å². The van der Waals surface area contributed by atoms with Crippen LogP contribution in [0.4, 0.5) is 0 Å². The predicted octanol–water partition coefficient (Wildman–Crippen LogP) is 2.41. The molecule has 0 saturated carbocycles. The molecule has 1 aromatic rings. The fraction of sp³-hybridized carbons (Fsp3) is 0.333. The minimum Gasteiger partial charge on any atom is -0.312 e. The van der Waals surface area contributed by atoms with Crippen LogP contribution in [0.1, 0.15) is 12.0 Å². The van der Waals surface area contributed by atoms with Crippen molar-refractivity contribution < 1.29 is 0 Å². The molecule has 1 heterocycles. The SMILES string of the molecule is C=CCCNCc1ccsc1. The van der Waals surface area contributed by atoms with Crippen molar-refractivity contribution in [2.75, 3.05) is 6.54 Å². The Morgan fingerprint density at radius 1 is 1.64 bits per heavy atom. The van der Waals surface area contributed by atoms with Crippen LogP contribution in [0.3, 0.4) is 0 Å². The second-order valence-electron chi connectivity index (χ2n) is 2.39. The van der Waals surface area contributed by atoms with Gasteiger partial charge >= 0.3 is 0 Å². The van der Waals surface area contributed by atoms with Gasteiger partial charge in [0.2, 0.25) is 0 Å². The molecule has 0 saturated heterocycles. The summed E-state index contributed by atoms with van der Waals surface area (Å²) in [7, 11) is 0. The highest BCUT2D eigenvalue weighted by Crippen LogP contribution is 2.04. The zero-order valence-corrected chi connectivity index (χ0v) is 7.36. The van der Waals surface area contributed by atoms with Crippen molar-refractivity contribution in [2.24, 2.45) is 0 Å². The van der Waals surface area contributed by atoms with Gasteiger partial charge in [-0.25, -0.2) is 0 Å². The van der Waals surface area contributed by atoms with E-state index in [0.29, 0.717) is 0 Å². The van der Waals surface area contributed by atoms with Gasteiger partial charge in [0.15, 0.2) is 0 Å². The lowest BCUT2D eigenvalue weighted by Crippen LogP contribution is -2.13. The molecule has 0 aliphatic rings. The fourth-order valence-corrected chi connectivity index (χ4v) is 1.50. The normalized spacial score (nSPS) is 9.82. The number of rotatable bonds is 5. The van der Waals surface area contributed by atoms with E-state index >= 15 is 0 Å². The molecule has 1 N–H and O–H groups in total. The van der Waals surface area contributed by atoms with E-state index in [4.69, 9.17) is 0 Å². The average Bonchev–Trinajstić information content (AvgIpc) is 2.50. The van der Waals surface area contributed by atoms with Crippen molar-refractivity contribution in [1.29, 1.82) is 0 Å². The maximum atomic E-state index is 3.66. The van der Waals surface area contributed by atoms with Gasteiger partial charge in [0.1, 0.15) is 0 Å². The molecule has 60 valence electrons. The van der Waals surface area contributed by atoms with Gasteiger partial charge in [0, 0.05) is 6.54 Å². The first-order valence-corrected chi connectivity index (χ1v) is 4.70. The first-order chi connectivity index (χ1) is 5.43. The molecule has 1 nitrogen and oxygen atoms in total. The molecule has 0 amide bonds. The average molecular weight is 167 g/mol. The van der Waals surface area contributed by atoms with E-state index in [9.17, 15) is 0 Å². The highest BCUT2D eigenvalue weighted by atomic mass is 32.1. The van der Waals surface area contributed by atoms with Crippen LogP contribution in [0.15, 0.2) is 29.5 Å². The van der Waals surface area contributed by atoms with Crippen LogP contribution >= 0.6 is 11.3 Å². The van der Waals surface area contributed by atoms with E-state index in [1.165, 1.54) is 5.56 Å². The summed E-state index contributed by atoms with van der Waals surface area (Å²) < 4.78 is 0. The summed E-state index contributed by atoms with van der Waals surface area (Å²) in [6, 6.07) is 2.14. The molecule has 11 heavy (non-hydrogen) atoms. The van der Waals surface area contributed by atoms with Gasteiger partial charge < -0.3 is 5.32 Å². The van der Waals surface area contributed by atoms with Gasteiger partial charge in [-0.1, -0.05) is 6.08 Å². The molecular weight excluding hydrogens is 154 g/mol. The van der Waals surface area contributed by atoms with Crippen LogP contribution < -0.4 is 5.32 Å². The van der Waals surface area contributed by atoms with Crippen molar-refractivity contribution >= 4 is 11.3 Å². The molecule has 0 aliphatic heterocycles. The summed E-state index contributed by atoms with van der Waals surface area (Å²) in [5.74, 6) is 0. The summed E-state index contributed by atoms with van der Waals surface area (Å²) in [4.78, 5) is 0. The van der Waals surface area contributed by atoms with Crippen molar-refractivity contribution in [3.8, 4) is 0 Å². The van der Waals surface area contributed by atoms with Gasteiger partial charge in [0.05, 0.1) is 0 Å². The minimum absolute atomic E-state index is 0.983. The van der Waals surface area contributed by atoms with Gasteiger partial charge in [-0.05, 0) is 35.4 Å². The summed E-state index contributed by atoms with van der Waals surface area (Å²) in [5, 5.41) is 7.59. The Morgan fingerprint density at radius 2 is 2.55 bits per heavy atom. The zero-order chi connectivity index (χ0) is 7.94. The fourth-order valence-electron chi connectivity index (χ4n) is 0.830. The van der Waals surface area contributed by atoms with E-state index in [0.717, 1.165) is 19.5 Å². The largest absolute Gasteiger partial charge is 0.312 e. The van der Waals surface area contributed by atoms with Crippen LogP contribution in [-0.2, 0) is 6.54 Å². The van der Waals surface area contributed by atoms with Crippen LogP contribution in [0.5, 0.6) is 0 Å². The third-order valence-corrected chi connectivity index (χ3v) is 2.17. The summed E-state index contributed by atoms with van der Waals surface area (Å²) in [5.41, 5.74) is 1.37. The van der Waals surface area contributed by atoms with E-state index in [2.05, 4.69) is 28.7 Å². The van der Waals surface area contributed by atoms with Gasteiger partial charge in [-0.15, -0.1) is 6.58 Å². The first kappa shape index (κ1) is 8.50. The Labute approximate surface area is 71.8 Å². The molecule has 1 aromatic heterocycles. The van der Waals surface area contributed by atoms with Crippen LogP contribution in [-0.4, -0.2) is 6.54 Å². The molecule has 0 aromatic carbocycles. The molecule has 0 aliphatic carbocycles. The predicted molar refractivity (Wildman–Crippen MR) is 50.8 cm³/mol. The number of nitrogens with one attached hydrogen (secondary N) is 1. The molecule has 0 spiro atoms. The Hall–Kier alpha value is -0.600. The highest BCUT2D eigenvalue weighted by Gasteiger charge is 1.89. The van der Waals surface area contributed by atoms with Crippen molar-refractivity contribution in [1.82, 2.24) is 5.32 Å². The quantitative estimate of drug-likeness (QED) is 0.524. The molecular formula is C9H13NS. The Balaban J connectivity index is 2.09. The topological polar surface area (TPSA) is 12.0 Å².